The predicted octanol–water partition coefficient (Wildman–Crippen LogP) is 3.92. The van der Waals surface area contributed by atoms with Crippen LogP contribution in [0.15, 0.2) is 30.3 Å². The molecule has 0 aliphatic carbocycles. The molecule has 2 rings (SSSR count). The van der Waals surface area contributed by atoms with Gasteiger partial charge >= 0.3 is 5.97 Å². The zero-order valence-corrected chi connectivity index (χ0v) is 14.9. The van der Waals surface area contributed by atoms with E-state index in [4.69, 9.17) is 4.74 Å². The Balaban J connectivity index is 2.10. The summed E-state index contributed by atoms with van der Waals surface area (Å²) in [5.74, 6) is -0.395. The lowest BCUT2D eigenvalue weighted by molar-refractivity contribution is -0.148. The van der Waals surface area contributed by atoms with E-state index in [1.807, 2.05) is 38.1 Å². The highest BCUT2D eigenvalue weighted by Gasteiger charge is 2.28. The molecule has 0 aromatic heterocycles. The molecule has 4 nitrogen and oxygen atoms in total. The van der Waals surface area contributed by atoms with Crippen LogP contribution in [-0.2, 0) is 9.53 Å². The van der Waals surface area contributed by atoms with E-state index >= 15 is 0 Å². The van der Waals surface area contributed by atoms with Crippen LogP contribution in [0.1, 0.15) is 56.0 Å². The standard InChI is InChI=1S/C20H27NO3/c1-4-15(3)16-9-11-17(12-10-16)19(22)21-13-7-6-8-18(14-21)20(23)24-5-2/h4,9-12,18H,5-8,13-14H2,1-3H3/b15-4+. The molecule has 1 unspecified atom stereocenters. The van der Waals surface area contributed by atoms with Gasteiger partial charge in [-0.05, 0) is 56.9 Å². The molecule has 0 bridgehead atoms. The van der Waals surface area contributed by atoms with E-state index in [0.717, 1.165) is 24.8 Å². The monoisotopic (exact) mass is 329 g/mol. The molecule has 4 heteroatoms. The van der Waals surface area contributed by atoms with Crippen molar-refractivity contribution in [3.8, 4) is 0 Å². The number of carbonyl (C=O) groups is 2. The predicted molar refractivity (Wildman–Crippen MR) is 95.6 cm³/mol. The lowest BCUT2D eigenvalue weighted by Crippen LogP contribution is -2.37. The summed E-state index contributed by atoms with van der Waals surface area (Å²) in [5.41, 5.74) is 2.98. The lowest BCUT2D eigenvalue weighted by Gasteiger charge is -2.23. The summed E-state index contributed by atoms with van der Waals surface area (Å²) in [7, 11) is 0. The van der Waals surface area contributed by atoms with E-state index in [0.29, 0.717) is 25.3 Å². The van der Waals surface area contributed by atoms with Crippen molar-refractivity contribution < 1.29 is 14.3 Å². The SMILES string of the molecule is C/C=C(\C)c1ccc(C(=O)N2CCCCC(C(=O)OCC)C2)cc1. The average molecular weight is 329 g/mol. The smallest absolute Gasteiger partial charge is 0.310 e. The molecule has 0 saturated carbocycles. The molecule has 1 aliphatic heterocycles. The summed E-state index contributed by atoms with van der Waals surface area (Å²) in [6.45, 7) is 7.40. The summed E-state index contributed by atoms with van der Waals surface area (Å²) >= 11 is 0. The molecule has 130 valence electrons. The second kappa shape index (κ2) is 8.67. The number of hydrogen-bond donors (Lipinski definition) is 0. The third-order valence-electron chi connectivity index (χ3n) is 4.60. The number of allylic oxidation sites excluding steroid dienone is 2. The van der Waals surface area contributed by atoms with Crippen molar-refractivity contribution >= 4 is 17.4 Å². The quantitative estimate of drug-likeness (QED) is 0.787. The lowest BCUT2D eigenvalue weighted by atomic mass is 10.0. The van der Waals surface area contributed by atoms with E-state index in [9.17, 15) is 9.59 Å². The van der Waals surface area contributed by atoms with Crippen LogP contribution < -0.4 is 0 Å². The van der Waals surface area contributed by atoms with E-state index in [1.54, 1.807) is 4.90 Å². The molecular weight excluding hydrogens is 302 g/mol. The molecule has 1 amide bonds. The first-order valence-electron chi connectivity index (χ1n) is 8.76. The normalized spacial score (nSPS) is 18.9. The van der Waals surface area contributed by atoms with Crippen molar-refractivity contribution in [2.24, 2.45) is 5.92 Å². The summed E-state index contributed by atoms with van der Waals surface area (Å²) in [6.07, 6.45) is 4.72. The van der Waals surface area contributed by atoms with Gasteiger partial charge in [0.1, 0.15) is 0 Å². The van der Waals surface area contributed by atoms with Gasteiger partial charge in [0.25, 0.3) is 5.91 Å². The number of rotatable bonds is 4. The Bertz CT molecular complexity index is 604. The van der Waals surface area contributed by atoms with Gasteiger partial charge in [-0.15, -0.1) is 0 Å². The Hall–Kier alpha value is -2.10. The fraction of sp³-hybridized carbons (Fsp3) is 0.500. The molecule has 24 heavy (non-hydrogen) atoms. The molecule has 0 N–H and O–H groups in total. The third-order valence-corrected chi connectivity index (χ3v) is 4.60. The van der Waals surface area contributed by atoms with Crippen molar-refractivity contribution in [3.05, 3.63) is 41.5 Å². The molecule has 1 aliphatic rings. The van der Waals surface area contributed by atoms with Gasteiger partial charge in [-0.1, -0.05) is 24.6 Å². The number of hydrogen-bond acceptors (Lipinski definition) is 3. The number of benzene rings is 1. The molecule has 1 atom stereocenters. The molecule has 1 heterocycles. The maximum absolute atomic E-state index is 12.8. The maximum atomic E-state index is 12.8. The van der Waals surface area contributed by atoms with Crippen LogP contribution in [0.5, 0.6) is 0 Å². The summed E-state index contributed by atoms with van der Waals surface area (Å²) in [4.78, 5) is 26.6. The molecule has 1 saturated heterocycles. The minimum atomic E-state index is -0.207. The Labute approximate surface area is 144 Å². The van der Waals surface area contributed by atoms with E-state index in [2.05, 4.69) is 13.0 Å². The average Bonchev–Trinajstić information content (AvgIpc) is 2.87. The highest BCUT2D eigenvalue weighted by atomic mass is 16.5. The highest BCUT2D eigenvalue weighted by molar-refractivity contribution is 5.94. The first-order valence-corrected chi connectivity index (χ1v) is 8.76. The van der Waals surface area contributed by atoms with Gasteiger partial charge in [0.05, 0.1) is 12.5 Å². The molecule has 0 spiro atoms. The van der Waals surface area contributed by atoms with Crippen molar-refractivity contribution in [1.29, 1.82) is 0 Å². The van der Waals surface area contributed by atoms with Gasteiger partial charge in [0, 0.05) is 18.7 Å². The van der Waals surface area contributed by atoms with Gasteiger partial charge < -0.3 is 9.64 Å². The highest BCUT2D eigenvalue weighted by Crippen LogP contribution is 2.21. The van der Waals surface area contributed by atoms with E-state index < -0.39 is 0 Å². The van der Waals surface area contributed by atoms with Crippen LogP contribution in [0, 0.1) is 5.92 Å². The number of nitrogens with zero attached hydrogens (tertiary/aromatic N) is 1. The van der Waals surface area contributed by atoms with Gasteiger partial charge in [-0.2, -0.15) is 0 Å². The van der Waals surface area contributed by atoms with Crippen molar-refractivity contribution in [2.45, 2.75) is 40.0 Å². The van der Waals surface area contributed by atoms with Gasteiger partial charge in [0.2, 0.25) is 0 Å². The Morgan fingerprint density at radius 3 is 2.50 bits per heavy atom. The van der Waals surface area contributed by atoms with Gasteiger partial charge in [0.15, 0.2) is 0 Å². The summed E-state index contributed by atoms with van der Waals surface area (Å²) in [5, 5.41) is 0. The van der Waals surface area contributed by atoms with Crippen molar-refractivity contribution in [2.75, 3.05) is 19.7 Å². The second-order valence-corrected chi connectivity index (χ2v) is 6.24. The van der Waals surface area contributed by atoms with Crippen LogP contribution in [-0.4, -0.2) is 36.5 Å². The van der Waals surface area contributed by atoms with Crippen LogP contribution in [0.2, 0.25) is 0 Å². The largest absolute Gasteiger partial charge is 0.466 e. The molecule has 1 aromatic rings. The first kappa shape index (κ1) is 18.2. The molecule has 1 fully saturated rings. The Morgan fingerprint density at radius 1 is 1.21 bits per heavy atom. The fourth-order valence-corrected chi connectivity index (χ4v) is 3.00. The fourth-order valence-electron chi connectivity index (χ4n) is 3.00. The Morgan fingerprint density at radius 2 is 1.88 bits per heavy atom. The maximum Gasteiger partial charge on any atom is 0.310 e. The third kappa shape index (κ3) is 4.47. The van der Waals surface area contributed by atoms with Crippen molar-refractivity contribution in [3.63, 3.8) is 0 Å². The van der Waals surface area contributed by atoms with Crippen LogP contribution in [0.25, 0.3) is 5.57 Å². The molecule has 1 aromatic carbocycles. The van der Waals surface area contributed by atoms with Gasteiger partial charge in [-0.25, -0.2) is 0 Å². The van der Waals surface area contributed by atoms with E-state index in [1.165, 1.54) is 5.57 Å². The van der Waals surface area contributed by atoms with E-state index in [-0.39, 0.29) is 17.8 Å². The number of likely N-dealkylation sites (tertiary alicyclic amines) is 1. The van der Waals surface area contributed by atoms with Crippen LogP contribution in [0.4, 0.5) is 0 Å². The van der Waals surface area contributed by atoms with Crippen LogP contribution >= 0.6 is 0 Å². The molecular formula is C20H27NO3. The van der Waals surface area contributed by atoms with Crippen molar-refractivity contribution in [1.82, 2.24) is 4.90 Å². The number of carbonyl (C=O) groups excluding carboxylic acids is 2. The second-order valence-electron chi connectivity index (χ2n) is 6.24. The minimum Gasteiger partial charge on any atom is -0.466 e. The topological polar surface area (TPSA) is 46.6 Å². The Kier molecular flexibility index (Phi) is 6.59. The minimum absolute atomic E-state index is 0.00382. The summed E-state index contributed by atoms with van der Waals surface area (Å²) in [6, 6.07) is 7.69. The number of esters is 1. The molecule has 0 radical (unpaired) electrons. The number of ether oxygens (including phenoxy) is 1. The van der Waals surface area contributed by atoms with Crippen LogP contribution in [0.3, 0.4) is 0 Å². The summed E-state index contributed by atoms with van der Waals surface area (Å²) < 4.78 is 5.14. The number of amides is 1. The zero-order chi connectivity index (χ0) is 17.5. The van der Waals surface area contributed by atoms with Gasteiger partial charge in [-0.3, -0.25) is 9.59 Å². The zero-order valence-electron chi connectivity index (χ0n) is 14.9. The first-order chi connectivity index (χ1) is 11.6.